The first-order valence-electron chi connectivity index (χ1n) is 9.27. The second kappa shape index (κ2) is 8.72. The summed E-state index contributed by atoms with van der Waals surface area (Å²) in [5.74, 6) is -0.0174. The largest absolute Gasteiger partial charge is 0.368 e. The molecule has 5 heteroatoms. The summed E-state index contributed by atoms with van der Waals surface area (Å²) >= 11 is 0. The van der Waals surface area contributed by atoms with Gasteiger partial charge in [0, 0.05) is 56.2 Å². The van der Waals surface area contributed by atoms with Gasteiger partial charge in [-0.05, 0) is 49.9 Å². The molecule has 0 unspecified atom stereocenters. The minimum Gasteiger partial charge on any atom is -0.368 e. The molecule has 0 saturated carbocycles. The second-order valence-corrected chi connectivity index (χ2v) is 6.67. The number of carbonyl (C=O) groups is 1. The predicted molar refractivity (Wildman–Crippen MR) is 108 cm³/mol. The third kappa shape index (κ3) is 4.35. The summed E-state index contributed by atoms with van der Waals surface area (Å²) in [5.41, 5.74) is 4.56. The van der Waals surface area contributed by atoms with Gasteiger partial charge in [-0.15, -0.1) is 0 Å². The van der Waals surface area contributed by atoms with Crippen molar-refractivity contribution >= 4 is 17.3 Å². The Bertz CT molecular complexity index is 721. The molecule has 1 fully saturated rings. The SMILES string of the molecule is CNCCNC(=O)c1ccc(N2CCN(c3ccccc3C)CC2)cc1. The molecule has 1 heterocycles. The fourth-order valence-corrected chi connectivity index (χ4v) is 3.35. The average Bonchev–Trinajstić information content (AvgIpc) is 2.69. The van der Waals surface area contributed by atoms with E-state index in [1.54, 1.807) is 0 Å². The number of benzene rings is 2. The Labute approximate surface area is 156 Å². The smallest absolute Gasteiger partial charge is 0.251 e. The Morgan fingerprint density at radius 1 is 0.923 bits per heavy atom. The molecule has 5 nitrogen and oxygen atoms in total. The summed E-state index contributed by atoms with van der Waals surface area (Å²) in [7, 11) is 1.87. The molecular weight excluding hydrogens is 324 g/mol. The number of rotatable bonds is 6. The zero-order valence-corrected chi connectivity index (χ0v) is 15.7. The highest BCUT2D eigenvalue weighted by molar-refractivity contribution is 5.94. The Morgan fingerprint density at radius 2 is 1.58 bits per heavy atom. The molecular formula is C21H28N4O. The van der Waals surface area contributed by atoms with Crippen molar-refractivity contribution < 1.29 is 4.79 Å². The van der Waals surface area contributed by atoms with E-state index in [2.05, 4.69) is 63.8 Å². The Balaban J connectivity index is 1.56. The van der Waals surface area contributed by atoms with E-state index in [1.165, 1.54) is 16.9 Å². The van der Waals surface area contributed by atoms with E-state index >= 15 is 0 Å². The maximum absolute atomic E-state index is 12.1. The number of amides is 1. The number of nitrogens with one attached hydrogen (secondary N) is 2. The summed E-state index contributed by atoms with van der Waals surface area (Å²) < 4.78 is 0. The Hall–Kier alpha value is -2.53. The van der Waals surface area contributed by atoms with Gasteiger partial charge in [-0.25, -0.2) is 0 Å². The Morgan fingerprint density at radius 3 is 2.23 bits per heavy atom. The van der Waals surface area contributed by atoms with Crippen LogP contribution in [0.2, 0.25) is 0 Å². The van der Waals surface area contributed by atoms with E-state index in [1.807, 2.05) is 19.2 Å². The van der Waals surface area contributed by atoms with Crippen LogP contribution in [0.3, 0.4) is 0 Å². The lowest BCUT2D eigenvalue weighted by Gasteiger charge is -2.38. The lowest BCUT2D eigenvalue weighted by atomic mass is 10.1. The highest BCUT2D eigenvalue weighted by Crippen LogP contribution is 2.23. The summed E-state index contributed by atoms with van der Waals surface area (Å²) in [6.45, 7) is 7.58. The van der Waals surface area contributed by atoms with Crippen LogP contribution in [0.25, 0.3) is 0 Å². The van der Waals surface area contributed by atoms with Crippen LogP contribution in [0.5, 0.6) is 0 Å². The number of nitrogens with zero attached hydrogens (tertiary/aromatic N) is 2. The van der Waals surface area contributed by atoms with Crippen LogP contribution in [-0.4, -0.2) is 52.2 Å². The highest BCUT2D eigenvalue weighted by Gasteiger charge is 2.18. The van der Waals surface area contributed by atoms with E-state index in [-0.39, 0.29) is 5.91 Å². The standard InChI is InChI=1S/C21H28N4O/c1-17-5-3-4-6-20(17)25-15-13-24(14-16-25)19-9-7-18(8-10-19)21(26)23-12-11-22-2/h3-10,22H,11-16H2,1-2H3,(H,23,26). The van der Waals surface area contributed by atoms with Gasteiger partial charge in [-0.2, -0.15) is 0 Å². The van der Waals surface area contributed by atoms with Gasteiger partial charge < -0.3 is 20.4 Å². The average molecular weight is 352 g/mol. The third-order valence-electron chi connectivity index (χ3n) is 4.89. The summed E-state index contributed by atoms with van der Waals surface area (Å²) in [6, 6.07) is 16.5. The van der Waals surface area contributed by atoms with Crippen molar-refractivity contribution in [2.45, 2.75) is 6.92 Å². The molecule has 0 radical (unpaired) electrons. The van der Waals surface area contributed by atoms with Crippen LogP contribution in [0.15, 0.2) is 48.5 Å². The first kappa shape index (κ1) is 18.3. The van der Waals surface area contributed by atoms with Crippen LogP contribution < -0.4 is 20.4 Å². The fourth-order valence-electron chi connectivity index (χ4n) is 3.35. The number of anilines is 2. The minimum absolute atomic E-state index is 0.0174. The third-order valence-corrected chi connectivity index (χ3v) is 4.89. The van der Waals surface area contributed by atoms with Gasteiger partial charge in [0.05, 0.1) is 0 Å². The van der Waals surface area contributed by atoms with Crippen LogP contribution in [0, 0.1) is 6.92 Å². The fraction of sp³-hybridized carbons (Fsp3) is 0.381. The van der Waals surface area contributed by atoms with Crippen LogP contribution in [-0.2, 0) is 0 Å². The molecule has 26 heavy (non-hydrogen) atoms. The van der Waals surface area contributed by atoms with Crippen molar-refractivity contribution in [1.82, 2.24) is 10.6 Å². The van der Waals surface area contributed by atoms with Gasteiger partial charge >= 0.3 is 0 Å². The zero-order chi connectivity index (χ0) is 18.4. The molecule has 2 aromatic rings. The normalized spacial score (nSPS) is 14.4. The van der Waals surface area contributed by atoms with Gasteiger partial charge in [0.1, 0.15) is 0 Å². The first-order chi connectivity index (χ1) is 12.7. The summed E-state index contributed by atoms with van der Waals surface area (Å²) in [4.78, 5) is 16.9. The van der Waals surface area contributed by atoms with Gasteiger partial charge in [0.2, 0.25) is 0 Å². The molecule has 1 amide bonds. The van der Waals surface area contributed by atoms with Crippen molar-refractivity contribution in [3.63, 3.8) is 0 Å². The topological polar surface area (TPSA) is 47.6 Å². The summed E-state index contributed by atoms with van der Waals surface area (Å²) in [6.07, 6.45) is 0. The number of aryl methyl sites for hydroxylation is 1. The van der Waals surface area contributed by atoms with Gasteiger partial charge in [0.25, 0.3) is 5.91 Å². The number of piperazine rings is 1. The number of hydrogen-bond donors (Lipinski definition) is 2. The van der Waals surface area contributed by atoms with E-state index < -0.39 is 0 Å². The molecule has 0 atom stereocenters. The van der Waals surface area contributed by atoms with E-state index in [4.69, 9.17) is 0 Å². The number of likely N-dealkylation sites (N-methyl/N-ethyl adjacent to an activating group) is 1. The van der Waals surface area contributed by atoms with E-state index in [0.29, 0.717) is 12.1 Å². The van der Waals surface area contributed by atoms with Gasteiger partial charge in [-0.1, -0.05) is 18.2 Å². The molecule has 0 bridgehead atoms. The molecule has 3 rings (SSSR count). The van der Waals surface area contributed by atoms with Crippen LogP contribution in [0.4, 0.5) is 11.4 Å². The molecule has 0 spiro atoms. The lowest BCUT2D eigenvalue weighted by molar-refractivity contribution is 0.0954. The highest BCUT2D eigenvalue weighted by atomic mass is 16.1. The van der Waals surface area contributed by atoms with Gasteiger partial charge in [0.15, 0.2) is 0 Å². The molecule has 0 aromatic heterocycles. The zero-order valence-electron chi connectivity index (χ0n) is 15.7. The molecule has 1 aliphatic rings. The van der Waals surface area contributed by atoms with Crippen molar-refractivity contribution in [2.75, 3.05) is 56.1 Å². The quantitative estimate of drug-likeness (QED) is 0.783. The lowest BCUT2D eigenvalue weighted by Crippen LogP contribution is -2.46. The number of carbonyl (C=O) groups excluding carboxylic acids is 1. The van der Waals surface area contributed by atoms with Crippen molar-refractivity contribution in [3.05, 3.63) is 59.7 Å². The van der Waals surface area contributed by atoms with Crippen molar-refractivity contribution in [1.29, 1.82) is 0 Å². The van der Waals surface area contributed by atoms with Crippen molar-refractivity contribution in [2.24, 2.45) is 0 Å². The van der Waals surface area contributed by atoms with Crippen molar-refractivity contribution in [3.8, 4) is 0 Å². The minimum atomic E-state index is -0.0174. The van der Waals surface area contributed by atoms with Gasteiger partial charge in [-0.3, -0.25) is 4.79 Å². The molecule has 1 saturated heterocycles. The first-order valence-corrected chi connectivity index (χ1v) is 9.27. The van der Waals surface area contributed by atoms with E-state index in [9.17, 15) is 4.79 Å². The second-order valence-electron chi connectivity index (χ2n) is 6.67. The predicted octanol–water partition coefficient (Wildman–Crippen LogP) is 2.27. The molecule has 2 aromatic carbocycles. The van der Waals surface area contributed by atoms with E-state index in [0.717, 1.165) is 32.7 Å². The van der Waals surface area contributed by atoms with Crippen LogP contribution in [0.1, 0.15) is 15.9 Å². The molecule has 1 aliphatic heterocycles. The number of para-hydroxylation sites is 1. The maximum atomic E-state index is 12.1. The van der Waals surface area contributed by atoms with Crippen LogP contribution >= 0.6 is 0 Å². The molecule has 0 aliphatic carbocycles. The number of hydrogen-bond acceptors (Lipinski definition) is 4. The monoisotopic (exact) mass is 352 g/mol. The Kier molecular flexibility index (Phi) is 6.12. The molecule has 2 N–H and O–H groups in total. The molecule has 138 valence electrons. The maximum Gasteiger partial charge on any atom is 0.251 e. The summed E-state index contributed by atoms with van der Waals surface area (Å²) in [5, 5.41) is 5.93.